The highest BCUT2D eigenvalue weighted by Crippen LogP contribution is 2.20. The molecule has 3 nitrogen and oxygen atoms in total. The van der Waals surface area contributed by atoms with Crippen LogP contribution in [0.1, 0.15) is 5.56 Å². The Hall–Kier alpha value is -2.31. The average molecular weight is 278 g/mol. The van der Waals surface area contributed by atoms with E-state index in [4.69, 9.17) is 10.00 Å². The standard InChI is InChI=1S/C18H18N2O/c19-14-20-10-16(11-20)13-21-12-15-6-8-18(9-7-15)17-4-2-1-3-5-17/h1-9,16H,10-13H2. The second-order valence-electron chi connectivity index (χ2n) is 5.45. The third-order valence-corrected chi connectivity index (χ3v) is 3.78. The van der Waals surface area contributed by atoms with Crippen LogP contribution >= 0.6 is 0 Å². The molecule has 0 aromatic heterocycles. The van der Waals surface area contributed by atoms with Gasteiger partial charge >= 0.3 is 0 Å². The lowest BCUT2D eigenvalue weighted by molar-refractivity contribution is 0.0323. The molecule has 0 bridgehead atoms. The van der Waals surface area contributed by atoms with Crippen molar-refractivity contribution in [3.63, 3.8) is 0 Å². The second-order valence-corrected chi connectivity index (χ2v) is 5.45. The number of nitriles is 1. The van der Waals surface area contributed by atoms with Gasteiger partial charge in [0.05, 0.1) is 13.2 Å². The third-order valence-electron chi connectivity index (χ3n) is 3.78. The minimum atomic E-state index is 0.508. The van der Waals surface area contributed by atoms with E-state index in [1.807, 2.05) is 6.07 Å². The van der Waals surface area contributed by atoms with E-state index in [0.717, 1.165) is 19.7 Å². The Morgan fingerprint density at radius 1 is 1.00 bits per heavy atom. The van der Waals surface area contributed by atoms with E-state index < -0.39 is 0 Å². The monoisotopic (exact) mass is 278 g/mol. The number of hydrogen-bond acceptors (Lipinski definition) is 3. The molecular formula is C18H18N2O. The summed E-state index contributed by atoms with van der Waals surface area (Å²) >= 11 is 0. The van der Waals surface area contributed by atoms with Crippen LogP contribution in [0.5, 0.6) is 0 Å². The minimum Gasteiger partial charge on any atom is -0.376 e. The molecule has 106 valence electrons. The van der Waals surface area contributed by atoms with Crippen molar-refractivity contribution in [1.29, 1.82) is 5.26 Å². The van der Waals surface area contributed by atoms with Gasteiger partial charge in [0.2, 0.25) is 0 Å². The Kier molecular flexibility index (Phi) is 4.18. The number of likely N-dealkylation sites (tertiary alicyclic amines) is 1. The first-order valence-electron chi connectivity index (χ1n) is 7.22. The van der Waals surface area contributed by atoms with E-state index in [1.54, 1.807) is 4.90 Å². The smallest absolute Gasteiger partial charge is 0.179 e. The van der Waals surface area contributed by atoms with E-state index in [0.29, 0.717) is 12.5 Å². The van der Waals surface area contributed by atoms with Crippen molar-refractivity contribution < 1.29 is 4.74 Å². The molecule has 0 saturated carbocycles. The molecule has 2 aromatic carbocycles. The topological polar surface area (TPSA) is 36.3 Å². The maximum absolute atomic E-state index is 8.66. The molecule has 2 aromatic rings. The summed E-state index contributed by atoms with van der Waals surface area (Å²) in [6.07, 6.45) is 2.14. The van der Waals surface area contributed by atoms with Crippen LogP contribution in [-0.4, -0.2) is 24.6 Å². The molecule has 1 aliphatic heterocycles. The number of benzene rings is 2. The molecule has 0 atom stereocenters. The first-order chi connectivity index (χ1) is 10.3. The van der Waals surface area contributed by atoms with Crippen LogP contribution in [0.15, 0.2) is 54.6 Å². The normalized spacial score (nSPS) is 14.5. The molecule has 0 radical (unpaired) electrons. The molecule has 3 rings (SSSR count). The number of nitrogens with zero attached hydrogens (tertiary/aromatic N) is 2. The summed E-state index contributed by atoms with van der Waals surface area (Å²) < 4.78 is 5.73. The van der Waals surface area contributed by atoms with E-state index >= 15 is 0 Å². The molecule has 3 heteroatoms. The van der Waals surface area contributed by atoms with Gasteiger partial charge in [-0.2, -0.15) is 5.26 Å². The van der Waals surface area contributed by atoms with Gasteiger partial charge in [0.25, 0.3) is 0 Å². The molecule has 1 saturated heterocycles. The van der Waals surface area contributed by atoms with Crippen molar-refractivity contribution in [2.75, 3.05) is 19.7 Å². The van der Waals surface area contributed by atoms with Gasteiger partial charge in [0, 0.05) is 19.0 Å². The predicted molar refractivity (Wildman–Crippen MR) is 82.2 cm³/mol. The average Bonchev–Trinajstić information content (AvgIpc) is 2.51. The highest BCUT2D eigenvalue weighted by atomic mass is 16.5. The zero-order valence-corrected chi connectivity index (χ0v) is 11.9. The molecule has 1 heterocycles. The Labute approximate surface area is 125 Å². The fourth-order valence-electron chi connectivity index (χ4n) is 2.52. The number of rotatable bonds is 5. The minimum absolute atomic E-state index is 0.508. The summed E-state index contributed by atoms with van der Waals surface area (Å²) in [6, 6.07) is 18.9. The Morgan fingerprint density at radius 3 is 2.33 bits per heavy atom. The van der Waals surface area contributed by atoms with Gasteiger partial charge < -0.3 is 9.64 Å². The molecule has 0 unspecified atom stereocenters. The SMILES string of the molecule is N#CN1CC(COCc2ccc(-c3ccccc3)cc2)C1. The van der Waals surface area contributed by atoms with Gasteiger partial charge in [0.1, 0.15) is 0 Å². The molecule has 0 amide bonds. The Balaban J connectivity index is 1.48. The van der Waals surface area contributed by atoms with Crippen LogP contribution in [0.25, 0.3) is 11.1 Å². The van der Waals surface area contributed by atoms with Gasteiger partial charge in [-0.25, -0.2) is 0 Å². The molecule has 0 spiro atoms. The first kappa shape index (κ1) is 13.7. The summed E-state index contributed by atoms with van der Waals surface area (Å²) in [5, 5.41) is 8.66. The zero-order valence-electron chi connectivity index (χ0n) is 11.9. The van der Waals surface area contributed by atoms with Crippen molar-refractivity contribution in [2.45, 2.75) is 6.61 Å². The van der Waals surface area contributed by atoms with Crippen molar-refractivity contribution in [1.82, 2.24) is 4.90 Å². The largest absolute Gasteiger partial charge is 0.376 e. The lowest BCUT2D eigenvalue weighted by Crippen LogP contribution is -2.45. The zero-order chi connectivity index (χ0) is 14.5. The molecule has 1 aliphatic rings. The molecule has 21 heavy (non-hydrogen) atoms. The summed E-state index contributed by atoms with van der Waals surface area (Å²) in [6.45, 7) is 3.05. The van der Waals surface area contributed by atoms with E-state index in [-0.39, 0.29) is 0 Å². The lowest BCUT2D eigenvalue weighted by atomic mass is 10.0. The molecule has 0 aliphatic carbocycles. The molecule has 0 N–H and O–H groups in total. The Bertz CT molecular complexity index is 610. The van der Waals surface area contributed by atoms with Crippen LogP contribution in [0.2, 0.25) is 0 Å². The van der Waals surface area contributed by atoms with Crippen molar-refractivity contribution in [2.24, 2.45) is 5.92 Å². The highest BCUT2D eigenvalue weighted by molar-refractivity contribution is 5.63. The third kappa shape index (κ3) is 3.42. The summed E-state index contributed by atoms with van der Waals surface area (Å²) in [5.74, 6) is 0.508. The molecule has 1 fully saturated rings. The maximum Gasteiger partial charge on any atom is 0.179 e. The van der Waals surface area contributed by atoms with Gasteiger partial charge in [-0.05, 0) is 16.7 Å². The van der Waals surface area contributed by atoms with Crippen LogP contribution in [0.4, 0.5) is 0 Å². The van der Waals surface area contributed by atoms with Gasteiger partial charge in [0.15, 0.2) is 6.19 Å². The van der Waals surface area contributed by atoms with Crippen molar-refractivity contribution in [3.8, 4) is 17.3 Å². The maximum atomic E-state index is 8.66. The summed E-state index contributed by atoms with van der Waals surface area (Å²) in [4.78, 5) is 1.75. The van der Waals surface area contributed by atoms with Crippen LogP contribution in [0, 0.1) is 17.4 Å². The first-order valence-corrected chi connectivity index (χ1v) is 7.22. The van der Waals surface area contributed by atoms with E-state index in [1.165, 1.54) is 16.7 Å². The van der Waals surface area contributed by atoms with E-state index in [9.17, 15) is 0 Å². The Morgan fingerprint density at radius 2 is 1.67 bits per heavy atom. The summed E-state index contributed by atoms with van der Waals surface area (Å²) in [7, 11) is 0. The van der Waals surface area contributed by atoms with Crippen LogP contribution in [-0.2, 0) is 11.3 Å². The second kappa shape index (κ2) is 6.43. The quantitative estimate of drug-likeness (QED) is 0.787. The highest BCUT2D eigenvalue weighted by Gasteiger charge is 2.25. The predicted octanol–water partition coefficient (Wildman–Crippen LogP) is 3.28. The lowest BCUT2D eigenvalue weighted by Gasteiger charge is -2.34. The van der Waals surface area contributed by atoms with Crippen LogP contribution in [0.3, 0.4) is 0 Å². The van der Waals surface area contributed by atoms with Gasteiger partial charge in [-0.15, -0.1) is 0 Å². The van der Waals surface area contributed by atoms with Crippen molar-refractivity contribution >= 4 is 0 Å². The van der Waals surface area contributed by atoms with Gasteiger partial charge in [-0.3, -0.25) is 0 Å². The van der Waals surface area contributed by atoms with Crippen molar-refractivity contribution in [3.05, 3.63) is 60.2 Å². The fraction of sp³-hybridized carbons (Fsp3) is 0.278. The fourth-order valence-corrected chi connectivity index (χ4v) is 2.52. The van der Waals surface area contributed by atoms with E-state index in [2.05, 4.69) is 54.7 Å². The summed E-state index contributed by atoms with van der Waals surface area (Å²) in [5.41, 5.74) is 3.64. The van der Waals surface area contributed by atoms with Gasteiger partial charge in [-0.1, -0.05) is 54.6 Å². The van der Waals surface area contributed by atoms with Crippen LogP contribution < -0.4 is 0 Å². The molecular weight excluding hydrogens is 260 g/mol. The number of hydrogen-bond donors (Lipinski definition) is 0. The number of ether oxygens (including phenoxy) is 1.